The van der Waals surface area contributed by atoms with Gasteiger partial charge in [0.15, 0.2) is 5.82 Å². The molecular weight excluding hydrogens is 238 g/mol. The highest BCUT2D eigenvalue weighted by Gasteiger charge is 2.09. The van der Waals surface area contributed by atoms with Crippen molar-refractivity contribution in [3.63, 3.8) is 0 Å². The number of fused-ring (bicyclic) bond motifs is 1. The summed E-state index contributed by atoms with van der Waals surface area (Å²) in [5.41, 5.74) is 7.65. The van der Waals surface area contributed by atoms with Crippen molar-refractivity contribution in [1.29, 1.82) is 0 Å². The van der Waals surface area contributed by atoms with Gasteiger partial charge in [-0.25, -0.2) is 4.98 Å². The highest BCUT2D eigenvalue weighted by Crippen LogP contribution is 2.15. The lowest BCUT2D eigenvalue weighted by molar-refractivity contribution is 0.295. The number of hydrogen-bond donors (Lipinski definition) is 1. The van der Waals surface area contributed by atoms with E-state index in [9.17, 15) is 0 Å². The molecule has 0 atom stereocenters. The minimum atomic E-state index is 0.426. The smallest absolute Gasteiger partial charge is 0.151 e. The van der Waals surface area contributed by atoms with Crippen LogP contribution in [0.2, 0.25) is 0 Å². The van der Waals surface area contributed by atoms with E-state index in [-0.39, 0.29) is 0 Å². The summed E-state index contributed by atoms with van der Waals surface area (Å²) in [6.07, 6.45) is 1.98. The Morgan fingerprint density at radius 2 is 1.84 bits per heavy atom. The van der Waals surface area contributed by atoms with Crippen LogP contribution in [-0.4, -0.2) is 9.38 Å². The predicted octanol–water partition coefficient (Wildman–Crippen LogP) is 2.37. The zero-order valence-electron chi connectivity index (χ0n) is 10.5. The van der Waals surface area contributed by atoms with E-state index in [1.165, 1.54) is 0 Å². The lowest BCUT2D eigenvalue weighted by Crippen LogP contribution is -2.01. The molecule has 0 fully saturated rings. The fourth-order valence-electron chi connectivity index (χ4n) is 2.09. The summed E-state index contributed by atoms with van der Waals surface area (Å²) in [7, 11) is 0. The second kappa shape index (κ2) is 5.12. The van der Waals surface area contributed by atoms with E-state index in [0.29, 0.717) is 13.2 Å². The van der Waals surface area contributed by atoms with Crippen molar-refractivity contribution in [1.82, 2.24) is 9.38 Å². The van der Waals surface area contributed by atoms with E-state index in [1.54, 1.807) is 0 Å². The maximum atomic E-state index is 5.73. The van der Waals surface area contributed by atoms with Crippen LogP contribution in [0.15, 0.2) is 54.7 Å². The van der Waals surface area contributed by atoms with Gasteiger partial charge in [0.1, 0.15) is 12.4 Å². The number of nitrogens with zero attached hydrogens (tertiary/aromatic N) is 2. The molecule has 0 unspecified atom stereocenters. The summed E-state index contributed by atoms with van der Waals surface area (Å²) in [5.74, 6) is 1.70. The number of hydrogen-bond acceptors (Lipinski definition) is 3. The fraction of sp³-hybridized carbons (Fsp3) is 0.133. The van der Waals surface area contributed by atoms with Crippen LogP contribution < -0.4 is 10.5 Å². The van der Waals surface area contributed by atoms with Gasteiger partial charge in [0.25, 0.3) is 0 Å². The Hall–Kier alpha value is -2.33. The number of pyridine rings is 1. The van der Waals surface area contributed by atoms with Crippen LogP contribution in [0.3, 0.4) is 0 Å². The van der Waals surface area contributed by atoms with E-state index in [2.05, 4.69) is 4.98 Å². The van der Waals surface area contributed by atoms with Crippen LogP contribution in [0.5, 0.6) is 5.75 Å². The summed E-state index contributed by atoms with van der Waals surface area (Å²) in [5, 5.41) is 0. The number of ether oxygens (including phenoxy) is 1. The molecule has 96 valence electrons. The zero-order chi connectivity index (χ0) is 13.1. The highest BCUT2D eigenvalue weighted by atomic mass is 16.5. The first-order valence-corrected chi connectivity index (χ1v) is 6.21. The lowest BCUT2D eigenvalue weighted by Gasteiger charge is -2.04. The second-order valence-electron chi connectivity index (χ2n) is 4.24. The molecule has 0 aliphatic heterocycles. The Morgan fingerprint density at radius 3 is 2.63 bits per heavy atom. The van der Waals surface area contributed by atoms with Crippen molar-refractivity contribution in [3.8, 4) is 5.75 Å². The molecule has 3 aromatic rings. The third-order valence-electron chi connectivity index (χ3n) is 3.00. The van der Waals surface area contributed by atoms with Crippen LogP contribution >= 0.6 is 0 Å². The molecule has 4 nitrogen and oxygen atoms in total. The Morgan fingerprint density at radius 1 is 1.05 bits per heavy atom. The quantitative estimate of drug-likeness (QED) is 0.776. The summed E-state index contributed by atoms with van der Waals surface area (Å²) >= 11 is 0. The minimum Gasteiger partial charge on any atom is -0.486 e. The predicted molar refractivity (Wildman–Crippen MR) is 73.9 cm³/mol. The molecule has 4 heteroatoms. The number of imidazole rings is 1. The van der Waals surface area contributed by atoms with Crippen molar-refractivity contribution in [2.75, 3.05) is 0 Å². The molecule has 0 aliphatic rings. The SMILES string of the molecule is NCc1nc(COc2ccccc2)n2ccccc12. The van der Waals surface area contributed by atoms with Gasteiger partial charge in [-0.1, -0.05) is 24.3 Å². The average Bonchev–Trinajstić information content (AvgIpc) is 2.84. The zero-order valence-corrected chi connectivity index (χ0v) is 10.5. The fourth-order valence-corrected chi connectivity index (χ4v) is 2.09. The Labute approximate surface area is 111 Å². The Balaban J connectivity index is 1.89. The first-order valence-electron chi connectivity index (χ1n) is 6.21. The molecule has 0 bridgehead atoms. The molecule has 3 rings (SSSR count). The Kier molecular flexibility index (Phi) is 3.16. The van der Waals surface area contributed by atoms with Gasteiger partial charge in [-0.3, -0.25) is 0 Å². The molecular formula is C15H15N3O. The third kappa shape index (κ3) is 2.30. The van der Waals surface area contributed by atoms with Crippen molar-refractivity contribution in [2.24, 2.45) is 5.73 Å². The molecule has 2 heterocycles. The van der Waals surface area contributed by atoms with Gasteiger partial charge in [0.2, 0.25) is 0 Å². The van der Waals surface area contributed by atoms with Crippen molar-refractivity contribution >= 4 is 5.52 Å². The van der Waals surface area contributed by atoms with Gasteiger partial charge in [0, 0.05) is 12.7 Å². The number of para-hydroxylation sites is 1. The van der Waals surface area contributed by atoms with E-state index in [0.717, 1.165) is 22.8 Å². The van der Waals surface area contributed by atoms with Gasteiger partial charge in [-0.15, -0.1) is 0 Å². The first kappa shape index (κ1) is 11.7. The molecule has 0 saturated heterocycles. The molecule has 0 radical (unpaired) electrons. The first-order chi connectivity index (χ1) is 9.38. The van der Waals surface area contributed by atoms with E-state index in [4.69, 9.17) is 10.5 Å². The second-order valence-corrected chi connectivity index (χ2v) is 4.24. The van der Waals surface area contributed by atoms with E-state index in [1.807, 2.05) is 59.1 Å². The van der Waals surface area contributed by atoms with Crippen LogP contribution in [0, 0.1) is 0 Å². The summed E-state index contributed by atoms with van der Waals surface area (Å²) in [6, 6.07) is 15.7. The monoisotopic (exact) mass is 253 g/mol. The molecule has 2 N–H and O–H groups in total. The standard InChI is InChI=1S/C15H15N3O/c16-10-13-14-8-4-5-9-18(14)15(17-13)11-19-12-6-2-1-3-7-12/h1-9H,10-11,16H2. The maximum Gasteiger partial charge on any atom is 0.151 e. The molecule has 0 aliphatic carbocycles. The van der Waals surface area contributed by atoms with Crippen molar-refractivity contribution in [2.45, 2.75) is 13.2 Å². The summed E-state index contributed by atoms with van der Waals surface area (Å²) in [4.78, 5) is 4.54. The number of rotatable bonds is 4. The van der Waals surface area contributed by atoms with Gasteiger partial charge in [0.05, 0.1) is 11.2 Å². The molecule has 0 amide bonds. The van der Waals surface area contributed by atoms with Gasteiger partial charge in [-0.2, -0.15) is 0 Å². The van der Waals surface area contributed by atoms with E-state index >= 15 is 0 Å². The number of aromatic nitrogens is 2. The lowest BCUT2D eigenvalue weighted by atomic mass is 10.3. The topological polar surface area (TPSA) is 52.5 Å². The number of benzene rings is 1. The van der Waals surface area contributed by atoms with Gasteiger partial charge >= 0.3 is 0 Å². The van der Waals surface area contributed by atoms with Crippen LogP contribution in [0.4, 0.5) is 0 Å². The van der Waals surface area contributed by atoms with Gasteiger partial charge < -0.3 is 14.9 Å². The van der Waals surface area contributed by atoms with Crippen molar-refractivity contribution in [3.05, 3.63) is 66.2 Å². The largest absolute Gasteiger partial charge is 0.486 e. The minimum absolute atomic E-state index is 0.426. The molecule has 0 spiro atoms. The summed E-state index contributed by atoms with van der Waals surface area (Å²) in [6.45, 7) is 0.855. The average molecular weight is 253 g/mol. The molecule has 1 aromatic carbocycles. The Bertz CT molecular complexity index is 676. The number of nitrogens with two attached hydrogens (primary N) is 1. The van der Waals surface area contributed by atoms with E-state index < -0.39 is 0 Å². The van der Waals surface area contributed by atoms with Crippen LogP contribution in [-0.2, 0) is 13.2 Å². The highest BCUT2D eigenvalue weighted by molar-refractivity contribution is 5.53. The van der Waals surface area contributed by atoms with Gasteiger partial charge in [-0.05, 0) is 24.3 Å². The molecule has 0 saturated carbocycles. The third-order valence-corrected chi connectivity index (χ3v) is 3.00. The van der Waals surface area contributed by atoms with Crippen LogP contribution in [0.25, 0.3) is 5.52 Å². The van der Waals surface area contributed by atoms with Crippen molar-refractivity contribution < 1.29 is 4.74 Å². The maximum absolute atomic E-state index is 5.73. The summed E-state index contributed by atoms with van der Waals surface area (Å²) < 4.78 is 7.75. The van der Waals surface area contributed by atoms with Crippen LogP contribution in [0.1, 0.15) is 11.5 Å². The molecule has 2 aromatic heterocycles. The normalized spacial score (nSPS) is 10.8. The molecule has 19 heavy (non-hydrogen) atoms.